The minimum absolute atomic E-state index is 0.420. The minimum Gasteiger partial charge on any atom is -0.495 e. The molecule has 19 heavy (non-hydrogen) atoms. The molecule has 0 saturated carbocycles. The van der Waals surface area contributed by atoms with E-state index in [0.29, 0.717) is 23.8 Å². The zero-order chi connectivity index (χ0) is 14.0. The molecule has 1 heterocycles. The van der Waals surface area contributed by atoms with Crippen molar-refractivity contribution in [1.82, 2.24) is 9.78 Å². The number of nitrogens with two attached hydrogens (primary N) is 1. The number of rotatable bonds is 4. The van der Waals surface area contributed by atoms with Crippen LogP contribution in [-0.2, 0) is 13.7 Å². The molecular formula is C13H16BrN3O2. The Morgan fingerprint density at radius 1 is 1.42 bits per heavy atom. The number of nitrogens with zero attached hydrogens (tertiary/aromatic N) is 2. The van der Waals surface area contributed by atoms with Crippen LogP contribution >= 0.6 is 15.9 Å². The first-order valence-electron chi connectivity index (χ1n) is 5.77. The zero-order valence-corrected chi connectivity index (χ0v) is 12.7. The van der Waals surface area contributed by atoms with Crippen molar-refractivity contribution in [2.45, 2.75) is 13.5 Å². The number of benzene rings is 1. The Bertz CT molecular complexity index is 596. The summed E-state index contributed by atoms with van der Waals surface area (Å²) in [6.45, 7) is 2.36. The van der Waals surface area contributed by atoms with Gasteiger partial charge in [-0.15, -0.1) is 0 Å². The summed E-state index contributed by atoms with van der Waals surface area (Å²) in [5.41, 5.74) is 8.31. The van der Waals surface area contributed by atoms with Gasteiger partial charge in [0, 0.05) is 13.1 Å². The van der Waals surface area contributed by atoms with Gasteiger partial charge in [0.2, 0.25) is 0 Å². The average Bonchev–Trinajstić information content (AvgIpc) is 2.61. The summed E-state index contributed by atoms with van der Waals surface area (Å²) in [6, 6.07) is 5.36. The van der Waals surface area contributed by atoms with E-state index in [2.05, 4.69) is 21.0 Å². The van der Waals surface area contributed by atoms with E-state index in [9.17, 15) is 0 Å². The Hall–Kier alpha value is -1.69. The lowest BCUT2D eigenvalue weighted by Gasteiger charge is -2.09. The van der Waals surface area contributed by atoms with Gasteiger partial charge in [0.25, 0.3) is 0 Å². The quantitative estimate of drug-likeness (QED) is 0.878. The molecule has 102 valence electrons. The maximum Gasteiger partial charge on any atom is 0.142 e. The first kappa shape index (κ1) is 13.7. The van der Waals surface area contributed by atoms with Crippen molar-refractivity contribution in [2.24, 2.45) is 7.05 Å². The third-order valence-electron chi connectivity index (χ3n) is 2.84. The highest BCUT2D eigenvalue weighted by molar-refractivity contribution is 9.10. The molecule has 6 heteroatoms. The predicted molar refractivity (Wildman–Crippen MR) is 77.4 cm³/mol. The van der Waals surface area contributed by atoms with Crippen molar-refractivity contribution in [3.63, 3.8) is 0 Å². The monoisotopic (exact) mass is 325 g/mol. The molecule has 2 aromatic rings. The van der Waals surface area contributed by atoms with Crippen LogP contribution in [0.5, 0.6) is 11.5 Å². The smallest absolute Gasteiger partial charge is 0.142 e. The van der Waals surface area contributed by atoms with Gasteiger partial charge in [-0.2, -0.15) is 5.10 Å². The summed E-state index contributed by atoms with van der Waals surface area (Å²) in [7, 11) is 3.47. The topological polar surface area (TPSA) is 62.3 Å². The van der Waals surface area contributed by atoms with Crippen LogP contribution in [0, 0.1) is 6.92 Å². The number of ether oxygens (including phenoxy) is 2. The molecule has 0 unspecified atom stereocenters. The molecule has 0 amide bonds. The molecule has 0 bridgehead atoms. The largest absolute Gasteiger partial charge is 0.495 e. The van der Waals surface area contributed by atoms with Gasteiger partial charge in [-0.25, -0.2) is 0 Å². The van der Waals surface area contributed by atoms with E-state index in [1.807, 2.05) is 20.0 Å². The van der Waals surface area contributed by atoms with Crippen LogP contribution in [0.1, 0.15) is 11.4 Å². The normalized spacial score (nSPS) is 10.5. The summed E-state index contributed by atoms with van der Waals surface area (Å²) in [5, 5.41) is 4.31. The molecule has 0 atom stereocenters. The molecule has 2 N–H and O–H groups in total. The summed E-state index contributed by atoms with van der Waals surface area (Å²) >= 11 is 3.50. The van der Waals surface area contributed by atoms with Crippen LogP contribution in [-0.4, -0.2) is 16.9 Å². The fourth-order valence-electron chi connectivity index (χ4n) is 1.79. The van der Waals surface area contributed by atoms with Crippen molar-refractivity contribution < 1.29 is 9.47 Å². The van der Waals surface area contributed by atoms with E-state index < -0.39 is 0 Å². The maximum absolute atomic E-state index is 5.83. The van der Waals surface area contributed by atoms with Crippen molar-refractivity contribution in [1.29, 1.82) is 0 Å². The van der Waals surface area contributed by atoms with Gasteiger partial charge in [0.05, 0.1) is 28.7 Å². The van der Waals surface area contributed by atoms with Gasteiger partial charge < -0.3 is 15.2 Å². The van der Waals surface area contributed by atoms with Crippen LogP contribution in [0.3, 0.4) is 0 Å². The maximum atomic E-state index is 5.83. The van der Waals surface area contributed by atoms with E-state index in [-0.39, 0.29) is 0 Å². The molecule has 0 radical (unpaired) electrons. The van der Waals surface area contributed by atoms with E-state index in [1.54, 1.807) is 23.9 Å². The summed E-state index contributed by atoms with van der Waals surface area (Å²) in [5.74, 6) is 1.34. The Kier molecular flexibility index (Phi) is 3.99. The van der Waals surface area contributed by atoms with E-state index in [0.717, 1.165) is 15.9 Å². The number of anilines is 1. The second-order valence-electron chi connectivity index (χ2n) is 4.16. The van der Waals surface area contributed by atoms with E-state index in [1.165, 1.54) is 0 Å². The number of halogens is 1. The van der Waals surface area contributed by atoms with E-state index >= 15 is 0 Å². The second kappa shape index (κ2) is 5.52. The van der Waals surface area contributed by atoms with Crippen LogP contribution < -0.4 is 15.2 Å². The zero-order valence-electron chi connectivity index (χ0n) is 11.1. The summed E-state index contributed by atoms with van der Waals surface area (Å²) in [4.78, 5) is 0. The summed E-state index contributed by atoms with van der Waals surface area (Å²) in [6.07, 6.45) is 0. The Morgan fingerprint density at radius 2 is 2.16 bits per heavy atom. The Morgan fingerprint density at radius 3 is 2.68 bits per heavy atom. The Labute approximate surface area is 120 Å². The number of aryl methyl sites for hydroxylation is 2. The van der Waals surface area contributed by atoms with Crippen LogP contribution in [0.15, 0.2) is 22.7 Å². The van der Waals surface area contributed by atoms with Gasteiger partial charge in [0.15, 0.2) is 0 Å². The molecule has 0 saturated heterocycles. The molecule has 2 rings (SSSR count). The second-order valence-corrected chi connectivity index (χ2v) is 4.96. The van der Waals surface area contributed by atoms with Crippen LogP contribution in [0.25, 0.3) is 0 Å². The number of nitrogen functional groups attached to an aromatic ring is 1. The average molecular weight is 326 g/mol. The van der Waals surface area contributed by atoms with Crippen LogP contribution in [0.2, 0.25) is 0 Å². The van der Waals surface area contributed by atoms with Gasteiger partial charge in [0.1, 0.15) is 18.1 Å². The number of hydrogen-bond donors (Lipinski definition) is 1. The van der Waals surface area contributed by atoms with Gasteiger partial charge in [-0.05, 0) is 35.0 Å². The standard InChI is InChI=1S/C13H16BrN3O2/c1-8-13(14)11(17(2)16-8)7-19-9-4-5-12(18-3)10(15)6-9/h4-6H,7,15H2,1-3H3. The lowest BCUT2D eigenvalue weighted by atomic mass is 10.3. The third kappa shape index (κ3) is 2.84. The lowest BCUT2D eigenvalue weighted by molar-refractivity contribution is 0.293. The first-order chi connectivity index (χ1) is 9.02. The number of methoxy groups -OCH3 is 1. The molecule has 0 aliphatic rings. The first-order valence-corrected chi connectivity index (χ1v) is 6.56. The van der Waals surface area contributed by atoms with Crippen LogP contribution in [0.4, 0.5) is 5.69 Å². The summed E-state index contributed by atoms with van der Waals surface area (Å²) < 4.78 is 13.6. The predicted octanol–water partition coefficient (Wildman–Crippen LogP) is 2.66. The minimum atomic E-state index is 0.420. The number of hydrogen-bond acceptors (Lipinski definition) is 4. The lowest BCUT2D eigenvalue weighted by Crippen LogP contribution is -2.04. The molecule has 1 aromatic heterocycles. The van der Waals surface area contributed by atoms with Crippen molar-refractivity contribution in [2.75, 3.05) is 12.8 Å². The molecule has 1 aromatic carbocycles. The SMILES string of the molecule is COc1ccc(OCc2c(Br)c(C)nn2C)cc1N. The van der Waals surface area contributed by atoms with Gasteiger partial charge in [-0.3, -0.25) is 4.68 Å². The highest BCUT2D eigenvalue weighted by atomic mass is 79.9. The van der Waals surface area contributed by atoms with E-state index in [4.69, 9.17) is 15.2 Å². The Balaban J connectivity index is 2.12. The molecule has 0 aliphatic carbocycles. The highest BCUT2D eigenvalue weighted by Gasteiger charge is 2.11. The van der Waals surface area contributed by atoms with Crippen molar-refractivity contribution >= 4 is 21.6 Å². The molecule has 5 nitrogen and oxygen atoms in total. The van der Waals surface area contributed by atoms with Crippen molar-refractivity contribution in [3.05, 3.63) is 34.1 Å². The highest BCUT2D eigenvalue weighted by Crippen LogP contribution is 2.27. The molecular weight excluding hydrogens is 310 g/mol. The van der Waals surface area contributed by atoms with Gasteiger partial charge >= 0.3 is 0 Å². The third-order valence-corrected chi connectivity index (χ3v) is 3.87. The van der Waals surface area contributed by atoms with Crippen molar-refractivity contribution in [3.8, 4) is 11.5 Å². The molecule has 0 fully saturated rings. The van der Waals surface area contributed by atoms with Gasteiger partial charge in [-0.1, -0.05) is 0 Å². The fraction of sp³-hybridized carbons (Fsp3) is 0.308. The fourth-order valence-corrected chi connectivity index (χ4v) is 2.24. The molecule has 0 spiro atoms. The molecule has 0 aliphatic heterocycles. The number of aromatic nitrogens is 2.